The third-order valence-electron chi connectivity index (χ3n) is 5.72. The average molecular weight is 473 g/mol. The number of thioether (sulfide) groups is 1. The molecule has 0 fully saturated rings. The summed E-state index contributed by atoms with van der Waals surface area (Å²) in [5.74, 6) is -1.06. The molecule has 0 amide bonds. The van der Waals surface area contributed by atoms with Crippen molar-refractivity contribution in [3.05, 3.63) is 81.9 Å². The fraction of sp³-hybridized carbons (Fsp3) is 0.304. The molecule has 5 rings (SSSR count). The first-order valence-corrected chi connectivity index (χ1v) is 12.0. The lowest BCUT2D eigenvalue weighted by molar-refractivity contribution is 0.266. The third-order valence-corrected chi connectivity index (χ3v) is 8.23. The van der Waals surface area contributed by atoms with Gasteiger partial charge in [-0.1, -0.05) is 53.4 Å². The molecule has 0 bridgehead atoms. The van der Waals surface area contributed by atoms with Gasteiger partial charge in [-0.2, -0.15) is 5.10 Å². The van der Waals surface area contributed by atoms with Crippen LogP contribution >= 0.6 is 23.1 Å². The van der Waals surface area contributed by atoms with Gasteiger partial charge in [-0.25, -0.2) is 18.8 Å². The monoisotopic (exact) mass is 472 g/mol. The molecule has 32 heavy (non-hydrogen) atoms. The van der Waals surface area contributed by atoms with Gasteiger partial charge in [0.25, 0.3) is 0 Å². The number of likely N-dealkylation sites (N-methyl/N-ethyl adjacent to an activating group) is 1. The zero-order chi connectivity index (χ0) is 22.3. The van der Waals surface area contributed by atoms with Crippen molar-refractivity contribution in [2.24, 2.45) is 5.10 Å². The Labute approximate surface area is 193 Å². The van der Waals surface area contributed by atoms with Gasteiger partial charge in [0.2, 0.25) is 5.13 Å². The number of nitrogens with zero attached hydrogens (tertiary/aromatic N) is 4. The first-order chi connectivity index (χ1) is 15.5. The van der Waals surface area contributed by atoms with Crippen molar-refractivity contribution in [2.45, 2.75) is 24.3 Å². The number of aromatic nitrogens is 1. The number of rotatable bonds is 5. The van der Waals surface area contributed by atoms with Crippen LogP contribution in [0.5, 0.6) is 0 Å². The molecule has 1 atom stereocenters. The lowest BCUT2D eigenvalue weighted by Gasteiger charge is -2.35. The Hall–Kier alpha value is -2.33. The predicted octanol–water partition coefficient (Wildman–Crippen LogP) is 4.56. The standard InChI is InChI=1S/C23H22F2N4OS2/c1-28-11-9-19-20(14-28)31-22(26-19)29-23(10-12-30,15-5-3-2-4-6-15)32-21(27-29)17-13-16(24)7-8-18(17)25/h2-8,13,30H,9-12,14H2,1H3. The lowest BCUT2D eigenvalue weighted by Crippen LogP contribution is -2.38. The van der Waals surface area contributed by atoms with Crippen LogP contribution in [-0.2, 0) is 17.8 Å². The zero-order valence-electron chi connectivity index (χ0n) is 17.5. The Morgan fingerprint density at radius 2 is 1.97 bits per heavy atom. The molecule has 0 aliphatic carbocycles. The number of anilines is 1. The van der Waals surface area contributed by atoms with Crippen LogP contribution in [-0.4, -0.2) is 40.2 Å². The molecule has 166 valence electrons. The molecule has 0 saturated carbocycles. The second-order valence-electron chi connectivity index (χ2n) is 7.92. The molecule has 2 aliphatic heterocycles. The van der Waals surface area contributed by atoms with Crippen LogP contribution in [0.2, 0.25) is 0 Å². The van der Waals surface area contributed by atoms with Crippen LogP contribution in [0, 0.1) is 11.6 Å². The maximum atomic E-state index is 14.7. The van der Waals surface area contributed by atoms with Crippen LogP contribution in [0.3, 0.4) is 0 Å². The number of benzene rings is 2. The van der Waals surface area contributed by atoms with Crippen LogP contribution in [0.15, 0.2) is 53.6 Å². The van der Waals surface area contributed by atoms with Gasteiger partial charge in [-0.3, -0.25) is 0 Å². The second-order valence-corrected chi connectivity index (χ2v) is 10.2. The smallest absolute Gasteiger partial charge is 0.208 e. The molecule has 0 radical (unpaired) electrons. The first-order valence-electron chi connectivity index (χ1n) is 10.4. The van der Waals surface area contributed by atoms with E-state index in [1.54, 1.807) is 16.3 Å². The van der Waals surface area contributed by atoms with E-state index in [2.05, 4.69) is 11.9 Å². The summed E-state index contributed by atoms with van der Waals surface area (Å²) >= 11 is 2.89. The Kier molecular flexibility index (Phi) is 5.75. The first kappa shape index (κ1) is 21.5. The molecule has 9 heteroatoms. The van der Waals surface area contributed by atoms with Crippen LogP contribution in [0.4, 0.5) is 13.9 Å². The number of fused-ring (bicyclic) bond motifs is 1. The molecule has 1 N–H and O–H groups in total. The minimum Gasteiger partial charge on any atom is -0.396 e. The largest absolute Gasteiger partial charge is 0.396 e. The van der Waals surface area contributed by atoms with Gasteiger partial charge >= 0.3 is 0 Å². The van der Waals surface area contributed by atoms with E-state index in [1.165, 1.54) is 22.7 Å². The molecule has 5 nitrogen and oxygen atoms in total. The van der Waals surface area contributed by atoms with Gasteiger partial charge < -0.3 is 10.0 Å². The van der Waals surface area contributed by atoms with Crippen molar-refractivity contribution in [1.29, 1.82) is 0 Å². The Balaban J connectivity index is 1.66. The summed E-state index contributed by atoms with van der Waals surface area (Å²) in [6.45, 7) is 1.66. The average Bonchev–Trinajstić information content (AvgIpc) is 3.38. The van der Waals surface area contributed by atoms with Crippen molar-refractivity contribution in [1.82, 2.24) is 9.88 Å². The van der Waals surface area contributed by atoms with E-state index in [-0.39, 0.29) is 12.2 Å². The molecule has 1 aromatic heterocycles. The van der Waals surface area contributed by atoms with Crippen LogP contribution in [0.1, 0.15) is 28.1 Å². The van der Waals surface area contributed by atoms with Crippen molar-refractivity contribution < 1.29 is 13.9 Å². The number of hydrogen-bond acceptors (Lipinski definition) is 7. The van der Waals surface area contributed by atoms with Gasteiger partial charge in [0, 0.05) is 43.0 Å². The van der Waals surface area contributed by atoms with Gasteiger partial charge in [-0.05, 0) is 30.8 Å². The van der Waals surface area contributed by atoms with E-state index < -0.39 is 16.5 Å². The van der Waals surface area contributed by atoms with Crippen molar-refractivity contribution in [3.8, 4) is 0 Å². The molecule has 2 aliphatic rings. The summed E-state index contributed by atoms with van der Waals surface area (Å²) in [4.78, 5) is 7.50. The number of hydrazone groups is 1. The summed E-state index contributed by atoms with van der Waals surface area (Å²) in [6, 6.07) is 13.1. The maximum Gasteiger partial charge on any atom is 0.208 e. The highest BCUT2D eigenvalue weighted by molar-refractivity contribution is 8.15. The summed E-state index contributed by atoms with van der Waals surface area (Å²) in [5.41, 5.74) is 2.08. The summed E-state index contributed by atoms with van der Waals surface area (Å²) < 4.78 is 28.6. The van der Waals surface area contributed by atoms with Crippen molar-refractivity contribution in [2.75, 3.05) is 25.2 Å². The van der Waals surface area contributed by atoms with Crippen LogP contribution in [0.25, 0.3) is 0 Å². The molecule has 3 heterocycles. The van der Waals surface area contributed by atoms with Gasteiger partial charge in [0.1, 0.15) is 21.5 Å². The topological polar surface area (TPSA) is 52.0 Å². The number of thiazole rings is 1. The maximum absolute atomic E-state index is 14.7. The highest BCUT2D eigenvalue weighted by atomic mass is 32.2. The summed E-state index contributed by atoms with van der Waals surface area (Å²) in [5, 5.41) is 17.7. The Morgan fingerprint density at radius 3 is 2.75 bits per heavy atom. The quantitative estimate of drug-likeness (QED) is 0.590. The molecule has 3 aromatic rings. The number of aliphatic hydroxyl groups is 1. The van der Waals surface area contributed by atoms with Crippen molar-refractivity contribution >= 4 is 33.3 Å². The van der Waals surface area contributed by atoms with E-state index in [0.717, 1.165) is 42.9 Å². The number of halogens is 2. The Morgan fingerprint density at radius 1 is 1.16 bits per heavy atom. The number of aliphatic hydroxyl groups excluding tert-OH is 1. The van der Waals surface area contributed by atoms with Gasteiger partial charge in [0.05, 0.1) is 5.69 Å². The molecular formula is C23H22F2N4OS2. The normalized spacial score (nSPS) is 21.0. The van der Waals surface area contributed by atoms with E-state index >= 15 is 0 Å². The minimum absolute atomic E-state index is 0.0966. The highest BCUT2D eigenvalue weighted by Gasteiger charge is 2.48. The molecule has 0 spiro atoms. The lowest BCUT2D eigenvalue weighted by atomic mass is 10.0. The van der Waals surface area contributed by atoms with Gasteiger partial charge in [-0.15, -0.1) is 0 Å². The predicted molar refractivity (Wildman–Crippen MR) is 125 cm³/mol. The van der Waals surface area contributed by atoms with E-state index in [4.69, 9.17) is 10.1 Å². The highest BCUT2D eigenvalue weighted by Crippen LogP contribution is 2.52. The third kappa shape index (κ3) is 3.73. The molecule has 2 aromatic carbocycles. The van der Waals surface area contributed by atoms with Crippen molar-refractivity contribution in [3.63, 3.8) is 0 Å². The zero-order valence-corrected chi connectivity index (χ0v) is 19.1. The minimum atomic E-state index is -0.823. The molecule has 1 unspecified atom stereocenters. The number of hydrogen-bond donors (Lipinski definition) is 1. The molecular weight excluding hydrogens is 450 g/mol. The van der Waals surface area contributed by atoms with Crippen LogP contribution < -0.4 is 5.01 Å². The SMILES string of the molecule is CN1CCc2nc(N3N=C(c4cc(F)ccc4F)SC3(CCO)c3ccccc3)sc2C1. The summed E-state index contributed by atoms with van der Waals surface area (Å²) in [7, 11) is 2.08. The fourth-order valence-electron chi connectivity index (χ4n) is 4.10. The second kappa shape index (κ2) is 8.55. The fourth-order valence-corrected chi connectivity index (χ4v) is 6.73. The van der Waals surface area contributed by atoms with E-state index in [0.29, 0.717) is 16.6 Å². The molecule has 0 saturated heterocycles. The summed E-state index contributed by atoms with van der Waals surface area (Å²) in [6.07, 6.45) is 1.20. The van der Waals surface area contributed by atoms with E-state index in [1.807, 2.05) is 30.3 Å². The van der Waals surface area contributed by atoms with Gasteiger partial charge in [0.15, 0.2) is 0 Å². The Bertz CT molecular complexity index is 1170. The van der Waals surface area contributed by atoms with E-state index in [9.17, 15) is 13.9 Å².